The van der Waals surface area contributed by atoms with E-state index in [1.807, 2.05) is 0 Å². The van der Waals surface area contributed by atoms with Gasteiger partial charge in [0.2, 0.25) is 0 Å². The fraction of sp³-hybridized carbons (Fsp3) is 0.800. The van der Waals surface area contributed by atoms with Crippen molar-refractivity contribution in [1.29, 1.82) is 0 Å². The zero-order valence-corrected chi connectivity index (χ0v) is 4.50. The number of ether oxygens (including phenoxy) is 2. The SMILES string of the molecule is O=COCC1COC1. The van der Waals surface area contributed by atoms with Gasteiger partial charge < -0.3 is 9.47 Å². The van der Waals surface area contributed by atoms with Crippen LogP contribution in [0.25, 0.3) is 0 Å². The van der Waals surface area contributed by atoms with E-state index in [-0.39, 0.29) is 0 Å². The molecule has 0 aliphatic carbocycles. The topological polar surface area (TPSA) is 35.5 Å². The molecule has 3 heteroatoms. The summed E-state index contributed by atoms with van der Waals surface area (Å²) >= 11 is 0. The second kappa shape index (κ2) is 2.67. The predicted molar refractivity (Wildman–Crippen MR) is 26.3 cm³/mol. The van der Waals surface area contributed by atoms with Gasteiger partial charge in [0.25, 0.3) is 6.47 Å². The Morgan fingerprint density at radius 1 is 1.75 bits per heavy atom. The van der Waals surface area contributed by atoms with Crippen LogP contribution in [-0.2, 0) is 14.3 Å². The van der Waals surface area contributed by atoms with E-state index in [9.17, 15) is 4.79 Å². The van der Waals surface area contributed by atoms with Crippen LogP contribution in [0.3, 0.4) is 0 Å². The average Bonchev–Trinajstić information content (AvgIpc) is 1.63. The number of hydrogen-bond donors (Lipinski definition) is 0. The summed E-state index contributed by atoms with van der Waals surface area (Å²) in [7, 11) is 0. The Labute approximate surface area is 47.6 Å². The average molecular weight is 116 g/mol. The van der Waals surface area contributed by atoms with Crippen molar-refractivity contribution in [2.75, 3.05) is 19.8 Å². The van der Waals surface area contributed by atoms with Crippen LogP contribution in [0, 0.1) is 5.92 Å². The molecule has 0 amide bonds. The lowest BCUT2D eigenvalue weighted by atomic mass is 10.1. The van der Waals surface area contributed by atoms with Gasteiger partial charge in [0.1, 0.15) is 0 Å². The molecule has 0 aromatic carbocycles. The predicted octanol–water partition coefficient (Wildman–Crippen LogP) is -0.194. The van der Waals surface area contributed by atoms with Crippen molar-refractivity contribution in [2.24, 2.45) is 5.92 Å². The van der Waals surface area contributed by atoms with Crippen LogP contribution in [0.4, 0.5) is 0 Å². The lowest BCUT2D eigenvalue weighted by Gasteiger charge is -2.24. The molecule has 1 aliphatic heterocycles. The number of carbonyl (C=O) groups is 1. The molecular formula is C5H8O3. The van der Waals surface area contributed by atoms with E-state index in [0.29, 0.717) is 19.0 Å². The van der Waals surface area contributed by atoms with Crippen LogP contribution in [0.15, 0.2) is 0 Å². The summed E-state index contributed by atoms with van der Waals surface area (Å²) in [5.74, 6) is 0.459. The minimum atomic E-state index is 0.459. The third kappa shape index (κ3) is 1.20. The first-order chi connectivity index (χ1) is 3.93. The molecule has 0 bridgehead atoms. The van der Waals surface area contributed by atoms with Gasteiger partial charge >= 0.3 is 0 Å². The molecule has 0 radical (unpaired) electrons. The van der Waals surface area contributed by atoms with Crippen LogP contribution in [0.5, 0.6) is 0 Å². The van der Waals surface area contributed by atoms with Gasteiger partial charge in [-0.3, -0.25) is 4.79 Å². The number of hydrogen-bond acceptors (Lipinski definition) is 3. The molecule has 0 spiro atoms. The Balaban J connectivity index is 1.93. The fourth-order valence-electron chi connectivity index (χ4n) is 0.556. The Hall–Kier alpha value is -0.570. The van der Waals surface area contributed by atoms with Crippen molar-refractivity contribution >= 4 is 6.47 Å². The Kier molecular flexibility index (Phi) is 1.86. The maximum Gasteiger partial charge on any atom is 0.293 e. The highest BCUT2D eigenvalue weighted by atomic mass is 16.5. The molecule has 0 atom stereocenters. The molecule has 0 saturated carbocycles. The third-order valence-corrected chi connectivity index (χ3v) is 1.11. The van der Waals surface area contributed by atoms with Crippen LogP contribution in [0.2, 0.25) is 0 Å². The van der Waals surface area contributed by atoms with E-state index in [1.54, 1.807) is 0 Å². The molecule has 1 fully saturated rings. The molecule has 0 aromatic heterocycles. The van der Waals surface area contributed by atoms with Crippen molar-refractivity contribution < 1.29 is 14.3 Å². The Morgan fingerprint density at radius 2 is 2.50 bits per heavy atom. The zero-order valence-electron chi connectivity index (χ0n) is 4.50. The Morgan fingerprint density at radius 3 is 2.88 bits per heavy atom. The molecule has 1 heterocycles. The van der Waals surface area contributed by atoms with Gasteiger partial charge in [-0.25, -0.2) is 0 Å². The van der Waals surface area contributed by atoms with Crippen LogP contribution < -0.4 is 0 Å². The summed E-state index contributed by atoms with van der Waals surface area (Å²) in [6, 6.07) is 0. The van der Waals surface area contributed by atoms with E-state index >= 15 is 0 Å². The standard InChI is InChI=1S/C5H8O3/c6-4-8-3-5-1-7-2-5/h4-5H,1-3H2. The minimum absolute atomic E-state index is 0.459. The van der Waals surface area contributed by atoms with E-state index in [0.717, 1.165) is 13.2 Å². The largest absolute Gasteiger partial charge is 0.467 e. The first kappa shape index (κ1) is 5.56. The van der Waals surface area contributed by atoms with Gasteiger partial charge in [0, 0.05) is 5.92 Å². The van der Waals surface area contributed by atoms with E-state index in [4.69, 9.17) is 4.74 Å². The molecule has 1 rings (SSSR count). The molecule has 0 unspecified atom stereocenters. The normalized spacial score (nSPS) is 19.5. The van der Waals surface area contributed by atoms with Crippen molar-refractivity contribution in [3.8, 4) is 0 Å². The maximum absolute atomic E-state index is 9.59. The van der Waals surface area contributed by atoms with Crippen LogP contribution in [0.1, 0.15) is 0 Å². The summed E-state index contributed by atoms with van der Waals surface area (Å²) in [5, 5.41) is 0. The summed E-state index contributed by atoms with van der Waals surface area (Å²) in [6.07, 6.45) is 0. The van der Waals surface area contributed by atoms with E-state index in [1.165, 1.54) is 0 Å². The zero-order chi connectivity index (χ0) is 5.82. The second-order valence-corrected chi connectivity index (χ2v) is 1.83. The highest BCUT2D eigenvalue weighted by Gasteiger charge is 2.17. The highest BCUT2D eigenvalue weighted by molar-refractivity contribution is 5.36. The van der Waals surface area contributed by atoms with Gasteiger partial charge in [0.05, 0.1) is 19.8 Å². The van der Waals surface area contributed by atoms with E-state index in [2.05, 4.69) is 4.74 Å². The van der Waals surface area contributed by atoms with Crippen LogP contribution >= 0.6 is 0 Å². The first-order valence-electron chi connectivity index (χ1n) is 2.56. The third-order valence-electron chi connectivity index (χ3n) is 1.11. The molecule has 46 valence electrons. The minimum Gasteiger partial charge on any atom is -0.467 e. The van der Waals surface area contributed by atoms with Gasteiger partial charge in [0.15, 0.2) is 0 Å². The van der Waals surface area contributed by atoms with Crippen molar-refractivity contribution in [3.05, 3.63) is 0 Å². The van der Waals surface area contributed by atoms with Gasteiger partial charge in [-0.05, 0) is 0 Å². The van der Waals surface area contributed by atoms with Crippen molar-refractivity contribution in [1.82, 2.24) is 0 Å². The first-order valence-corrected chi connectivity index (χ1v) is 2.56. The van der Waals surface area contributed by atoms with Gasteiger partial charge in [-0.1, -0.05) is 0 Å². The molecule has 1 saturated heterocycles. The molecule has 0 aromatic rings. The van der Waals surface area contributed by atoms with Gasteiger partial charge in [-0.2, -0.15) is 0 Å². The lowest BCUT2D eigenvalue weighted by Crippen LogP contribution is -2.31. The second-order valence-electron chi connectivity index (χ2n) is 1.83. The lowest BCUT2D eigenvalue weighted by molar-refractivity contribution is -0.135. The van der Waals surface area contributed by atoms with Crippen molar-refractivity contribution in [2.45, 2.75) is 0 Å². The maximum atomic E-state index is 9.59. The number of carbonyl (C=O) groups excluding carboxylic acids is 1. The molecule has 8 heavy (non-hydrogen) atoms. The molecule has 1 aliphatic rings. The molecular weight excluding hydrogens is 108 g/mol. The quantitative estimate of drug-likeness (QED) is 0.479. The monoisotopic (exact) mass is 116 g/mol. The summed E-state index contributed by atoms with van der Waals surface area (Å²) in [6.45, 7) is 2.48. The summed E-state index contributed by atoms with van der Waals surface area (Å²) in [5.41, 5.74) is 0. The summed E-state index contributed by atoms with van der Waals surface area (Å²) < 4.78 is 9.31. The van der Waals surface area contributed by atoms with Crippen molar-refractivity contribution in [3.63, 3.8) is 0 Å². The van der Waals surface area contributed by atoms with Gasteiger partial charge in [-0.15, -0.1) is 0 Å². The summed E-state index contributed by atoms with van der Waals surface area (Å²) in [4.78, 5) is 9.59. The smallest absolute Gasteiger partial charge is 0.293 e. The molecule has 0 N–H and O–H groups in total. The van der Waals surface area contributed by atoms with E-state index < -0.39 is 0 Å². The fourth-order valence-corrected chi connectivity index (χ4v) is 0.556. The Bertz CT molecular complexity index is 77.7. The van der Waals surface area contributed by atoms with Crippen LogP contribution in [-0.4, -0.2) is 26.3 Å². The number of rotatable bonds is 3. The highest BCUT2D eigenvalue weighted by Crippen LogP contribution is 2.08. The molecule has 3 nitrogen and oxygen atoms in total.